The Bertz CT molecular complexity index is 1660. The molecule has 6 nitrogen and oxygen atoms in total. The van der Waals surface area contributed by atoms with Crippen LogP contribution in [0, 0.1) is 13.8 Å². The zero-order valence-electron chi connectivity index (χ0n) is 18.9. The highest BCUT2D eigenvalue weighted by atomic mass is 15.4. The number of nitrogens with zero attached hydrogens (tertiary/aromatic N) is 5. The molecule has 0 bridgehead atoms. The van der Waals surface area contributed by atoms with Crippen LogP contribution in [-0.4, -0.2) is 24.1 Å². The summed E-state index contributed by atoms with van der Waals surface area (Å²) >= 11 is 0. The Balaban J connectivity index is 1.47. The van der Waals surface area contributed by atoms with Crippen molar-refractivity contribution in [2.75, 3.05) is 5.32 Å². The van der Waals surface area contributed by atoms with Gasteiger partial charge in [-0.15, -0.1) is 5.10 Å². The molecule has 33 heavy (non-hydrogen) atoms. The molecule has 0 unspecified atom stereocenters. The predicted molar refractivity (Wildman–Crippen MR) is 134 cm³/mol. The van der Waals surface area contributed by atoms with Crippen molar-refractivity contribution < 1.29 is 0 Å². The molecule has 1 N–H and O–H groups in total. The van der Waals surface area contributed by atoms with Crippen molar-refractivity contribution in [3.8, 4) is 11.4 Å². The van der Waals surface area contributed by atoms with Gasteiger partial charge >= 0.3 is 0 Å². The summed E-state index contributed by atoms with van der Waals surface area (Å²) in [5.41, 5.74) is 6.54. The number of nitrogens with one attached hydrogen (secondary N) is 1. The Morgan fingerprint density at radius 1 is 0.818 bits per heavy atom. The van der Waals surface area contributed by atoms with E-state index in [2.05, 4.69) is 88.3 Å². The minimum absolute atomic E-state index is 0.581. The number of hydrogen-bond donors (Lipinski definition) is 1. The van der Waals surface area contributed by atoms with Gasteiger partial charge in [-0.05, 0) is 51.1 Å². The van der Waals surface area contributed by atoms with Gasteiger partial charge in [-0.2, -0.15) is 9.50 Å². The highest BCUT2D eigenvalue weighted by molar-refractivity contribution is 6.09. The first kappa shape index (κ1) is 19.5. The lowest BCUT2D eigenvalue weighted by Gasteiger charge is -2.09. The molecule has 0 saturated heterocycles. The second-order valence-corrected chi connectivity index (χ2v) is 8.42. The van der Waals surface area contributed by atoms with E-state index in [9.17, 15) is 0 Å². The zero-order chi connectivity index (χ0) is 22.5. The van der Waals surface area contributed by atoms with E-state index < -0.39 is 0 Å². The highest BCUT2D eigenvalue weighted by Gasteiger charge is 2.14. The Kier molecular flexibility index (Phi) is 4.40. The second kappa shape index (κ2) is 7.45. The Morgan fingerprint density at radius 3 is 2.52 bits per heavy atom. The van der Waals surface area contributed by atoms with Crippen LogP contribution < -0.4 is 5.32 Å². The fraction of sp³-hybridized carbons (Fsp3) is 0.148. The molecule has 162 valence electrons. The second-order valence-electron chi connectivity index (χ2n) is 8.42. The summed E-state index contributed by atoms with van der Waals surface area (Å²) in [6.45, 7) is 7.16. The Labute approximate surface area is 191 Å². The Hall–Kier alpha value is -4.19. The van der Waals surface area contributed by atoms with E-state index in [1.54, 1.807) is 4.52 Å². The molecule has 0 fully saturated rings. The van der Waals surface area contributed by atoms with Gasteiger partial charge in [0.05, 0.1) is 0 Å². The number of para-hydroxylation sites is 1. The monoisotopic (exact) mass is 432 g/mol. The minimum atomic E-state index is 0.581. The molecule has 6 aromatic rings. The van der Waals surface area contributed by atoms with Crippen molar-refractivity contribution >= 4 is 39.1 Å². The molecule has 6 rings (SSSR count). The average Bonchev–Trinajstić information content (AvgIpc) is 3.38. The lowest BCUT2D eigenvalue weighted by atomic mass is 10.1. The third kappa shape index (κ3) is 3.22. The van der Waals surface area contributed by atoms with E-state index in [1.807, 2.05) is 25.1 Å². The summed E-state index contributed by atoms with van der Waals surface area (Å²) in [5, 5.41) is 10.8. The smallest absolute Gasteiger partial charge is 0.254 e. The summed E-state index contributed by atoms with van der Waals surface area (Å²) in [6, 6.07) is 25.3. The molecule has 0 atom stereocenters. The molecule has 0 spiro atoms. The number of hydrogen-bond acceptors (Lipinski definition) is 4. The maximum atomic E-state index is 4.77. The van der Waals surface area contributed by atoms with Gasteiger partial charge in [0.15, 0.2) is 5.82 Å². The van der Waals surface area contributed by atoms with Crippen LogP contribution >= 0.6 is 0 Å². The number of aromatic nitrogens is 5. The minimum Gasteiger partial charge on any atom is -0.341 e. The van der Waals surface area contributed by atoms with Crippen molar-refractivity contribution in [3.63, 3.8) is 0 Å². The first-order valence-corrected chi connectivity index (χ1v) is 11.2. The van der Waals surface area contributed by atoms with E-state index >= 15 is 0 Å². The first-order valence-electron chi connectivity index (χ1n) is 11.2. The van der Waals surface area contributed by atoms with E-state index in [-0.39, 0.29) is 0 Å². The average molecular weight is 433 g/mol. The van der Waals surface area contributed by atoms with Crippen molar-refractivity contribution in [2.45, 2.75) is 27.3 Å². The van der Waals surface area contributed by atoms with Crippen LogP contribution in [0.4, 0.5) is 11.5 Å². The summed E-state index contributed by atoms with van der Waals surface area (Å²) in [6.07, 6.45) is 0. The van der Waals surface area contributed by atoms with Crippen LogP contribution in [0.25, 0.3) is 39.0 Å². The molecule has 0 radical (unpaired) electrons. The maximum Gasteiger partial charge on any atom is 0.254 e. The number of anilines is 2. The fourth-order valence-electron chi connectivity index (χ4n) is 4.60. The molecule has 3 aromatic heterocycles. The van der Waals surface area contributed by atoms with Crippen LogP contribution in [-0.2, 0) is 6.54 Å². The van der Waals surface area contributed by atoms with Gasteiger partial charge in [-0.3, -0.25) is 0 Å². The van der Waals surface area contributed by atoms with Crippen LogP contribution in [0.2, 0.25) is 0 Å². The van der Waals surface area contributed by atoms with Crippen LogP contribution in [0.1, 0.15) is 18.2 Å². The molecule has 0 aliphatic rings. The largest absolute Gasteiger partial charge is 0.341 e. The lowest BCUT2D eigenvalue weighted by Crippen LogP contribution is -2.02. The number of benzene rings is 3. The van der Waals surface area contributed by atoms with Gasteiger partial charge < -0.3 is 9.88 Å². The van der Waals surface area contributed by atoms with Crippen molar-refractivity contribution in [2.24, 2.45) is 0 Å². The first-order chi connectivity index (χ1) is 16.1. The summed E-state index contributed by atoms with van der Waals surface area (Å²) in [7, 11) is 0. The number of fused-ring (bicyclic) bond motifs is 4. The van der Waals surface area contributed by atoms with Crippen molar-refractivity contribution in [3.05, 3.63) is 84.1 Å². The molecule has 0 aliphatic carbocycles. The third-order valence-corrected chi connectivity index (χ3v) is 6.08. The zero-order valence-corrected chi connectivity index (χ0v) is 18.9. The predicted octanol–water partition coefficient (Wildman–Crippen LogP) is 6.28. The molecule has 3 heterocycles. The molecule has 0 saturated carbocycles. The van der Waals surface area contributed by atoms with Crippen LogP contribution in [0.5, 0.6) is 0 Å². The van der Waals surface area contributed by atoms with E-state index in [0.29, 0.717) is 11.6 Å². The topological polar surface area (TPSA) is 60.0 Å². The maximum absolute atomic E-state index is 4.77. The molecular weight excluding hydrogens is 408 g/mol. The quantitative estimate of drug-likeness (QED) is 0.356. The van der Waals surface area contributed by atoms with Gasteiger partial charge in [0.25, 0.3) is 5.78 Å². The number of aryl methyl sites for hydroxylation is 3. The molecule has 0 amide bonds. The molecule has 0 aliphatic heterocycles. The van der Waals surface area contributed by atoms with Crippen molar-refractivity contribution in [1.29, 1.82) is 0 Å². The van der Waals surface area contributed by atoms with E-state index in [0.717, 1.165) is 29.3 Å². The van der Waals surface area contributed by atoms with E-state index in [1.165, 1.54) is 27.4 Å². The highest BCUT2D eigenvalue weighted by Crippen LogP contribution is 2.32. The normalized spacial score (nSPS) is 11.6. The Morgan fingerprint density at radius 2 is 1.67 bits per heavy atom. The SMILES string of the molecule is CCn1c2ccccc2c2cc(Nc3cc(C)nc4nc(-c5cccc(C)c5)nn34)ccc21. The molecular formula is C27H24N6. The van der Waals surface area contributed by atoms with Gasteiger partial charge in [-0.1, -0.05) is 42.0 Å². The summed E-state index contributed by atoms with van der Waals surface area (Å²) in [5.74, 6) is 2.08. The molecule has 6 heteroatoms. The van der Waals surface area contributed by atoms with Gasteiger partial charge in [0, 0.05) is 51.4 Å². The van der Waals surface area contributed by atoms with Gasteiger partial charge in [0.2, 0.25) is 0 Å². The lowest BCUT2D eigenvalue weighted by molar-refractivity contribution is 0.827. The standard InChI is InChI=1S/C27H24N6/c1-4-32-23-11-6-5-10-21(23)22-16-20(12-13-24(22)32)29-25-15-18(3)28-27-30-26(31-33(25)27)19-9-7-8-17(2)14-19/h5-16,29H,4H2,1-3H3. The third-order valence-electron chi connectivity index (χ3n) is 6.08. The fourth-order valence-corrected chi connectivity index (χ4v) is 4.60. The summed E-state index contributed by atoms with van der Waals surface area (Å²) in [4.78, 5) is 9.29. The van der Waals surface area contributed by atoms with E-state index in [4.69, 9.17) is 5.10 Å². The molecule has 3 aromatic carbocycles. The van der Waals surface area contributed by atoms with Crippen LogP contribution in [0.3, 0.4) is 0 Å². The van der Waals surface area contributed by atoms with Crippen LogP contribution in [0.15, 0.2) is 72.8 Å². The van der Waals surface area contributed by atoms with Crippen molar-refractivity contribution in [1.82, 2.24) is 24.1 Å². The summed E-state index contributed by atoms with van der Waals surface area (Å²) < 4.78 is 4.14. The van der Waals surface area contributed by atoms with Gasteiger partial charge in [0.1, 0.15) is 5.82 Å². The number of rotatable bonds is 4. The van der Waals surface area contributed by atoms with Gasteiger partial charge in [-0.25, -0.2) is 4.98 Å².